The number of amides is 1. The molecule has 2 rings (SSSR count). The van der Waals surface area contributed by atoms with Gasteiger partial charge in [0.15, 0.2) is 0 Å². The molecule has 6 heteroatoms. The Morgan fingerprint density at radius 3 is 2.78 bits per heavy atom. The fraction of sp³-hybridized carbons (Fsp3) is 0.333. The normalized spacial score (nSPS) is 18.6. The number of halogens is 1. The zero-order valence-corrected chi connectivity index (χ0v) is 10.3. The highest BCUT2D eigenvalue weighted by Crippen LogP contribution is 2.20. The highest BCUT2D eigenvalue weighted by atomic mass is 35.5. The van der Waals surface area contributed by atoms with Gasteiger partial charge >= 0.3 is 5.97 Å². The lowest BCUT2D eigenvalue weighted by atomic mass is 10.1. The van der Waals surface area contributed by atoms with Crippen molar-refractivity contribution in [2.45, 2.75) is 6.42 Å². The Bertz CT molecular complexity index is 484. The van der Waals surface area contributed by atoms with Crippen LogP contribution in [0.15, 0.2) is 18.2 Å². The molecular weight excluding hydrogens is 256 g/mol. The lowest BCUT2D eigenvalue weighted by Gasteiger charge is -2.10. The quantitative estimate of drug-likeness (QED) is 0.778. The molecule has 0 saturated carbocycles. The average Bonchev–Trinajstić information content (AvgIpc) is 2.81. The summed E-state index contributed by atoms with van der Waals surface area (Å²) in [4.78, 5) is 22.7. The van der Waals surface area contributed by atoms with Crippen molar-refractivity contribution in [3.05, 3.63) is 28.8 Å². The Kier molecular flexibility index (Phi) is 3.84. The van der Waals surface area contributed by atoms with Crippen molar-refractivity contribution in [3.8, 4) is 0 Å². The van der Waals surface area contributed by atoms with Gasteiger partial charge in [0.2, 0.25) is 5.91 Å². The van der Waals surface area contributed by atoms with Crippen molar-refractivity contribution in [1.82, 2.24) is 5.32 Å². The van der Waals surface area contributed by atoms with E-state index < -0.39 is 5.97 Å². The monoisotopic (exact) mass is 268 g/mol. The summed E-state index contributed by atoms with van der Waals surface area (Å²) in [5, 5.41) is 15.0. The van der Waals surface area contributed by atoms with Gasteiger partial charge in [0.25, 0.3) is 0 Å². The molecule has 1 aliphatic rings. The van der Waals surface area contributed by atoms with Gasteiger partial charge in [-0.2, -0.15) is 0 Å². The predicted molar refractivity (Wildman–Crippen MR) is 68.0 cm³/mol. The number of carbonyl (C=O) groups is 2. The van der Waals surface area contributed by atoms with Crippen LogP contribution >= 0.6 is 11.6 Å². The molecule has 1 atom stereocenters. The standard InChI is InChI=1S/C12H13ClN2O3/c13-9-3-8(12(17)18)4-10(5-9)15-11(16)7-1-2-14-6-7/h3-5,7,14H,1-2,6H2,(H,15,16)(H,17,18). The van der Waals surface area contributed by atoms with Crippen LogP contribution in [0.1, 0.15) is 16.8 Å². The second kappa shape index (κ2) is 5.37. The number of rotatable bonds is 3. The summed E-state index contributed by atoms with van der Waals surface area (Å²) >= 11 is 5.81. The van der Waals surface area contributed by atoms with Crippen LogP contribution in [0, 0.1) is 5.92 Å². The summed E-state index contributed by atoms with van der Waals surface area (Å²) in [5.74, 6) is -1.26. The molecule has 1 aromatic rings. The Morgan fingerprint density at radius 2 is 2.17 bits per heavy atom. The summed E-state index contributed by atoms with van der Waals surface area (Å²) in [6.45, 7) is 1.48. The first-order valence-electron chi connectivity index (χ1n) is 5.62. The predicted octanol–water partition coefficient (Wildman–Crippen LogP) is 1.59. The molecule has 1 fully saturated rings. The van der Waals surface area contributed by atoms with Crippen LogP contribution in [0.3, 0.4) is 0 Å². The fourth-order valence-corrected chi connectivity index (χ4v) is 2.14. The number of anilines is 1. The third-order valence-electron chi connectivity index (χ3n) is 2.84. The van der Waals surface area contributed by atoms with Crippen LogP contribution in [0.5, 0.6) is 0 Å². The Hall–Kier alpha value is -1.59. The number of hydrogen-bond donors (Lipinski definition) is 3. The van der Waals surface area contributed by atoms with E-state index >= 15 is 0 Å². The van der Waals surface area contributed by atoms with E-state index in [1.807, 2.05) is 0 Å². The van der Waals surface area contributed by atoms with Gasteiger partial charge in [-0.05, 0) is 31.2 Å². The minimum atomic E-state index is -1.07. The summed E-state index contributed by atoms with van der Waals surface area (Å²) < 4.78 is 0. The zero-order valence-electron chi connectivity index (χ0n) is 9.57. The maximum atomic E-state index is 11.9. The molecule has 0 aliphatic carbocycles. The first-order valence-corrected chi connectivity index (χ1v) is 5.99. The number of carboxylic acids is 1. The van der Waals surface area contributed by atoms with Crippen LogP contribution in [0.2, 0.25) is 5.02 Å². The SMILES string of the molecule is O=C(O)c1cc(Cl)cc(NC(=O)C2CCNC2)c1. The molecule has 96 valence electrons. The van der Waals surface area contributed by atoms with E-state index in [0.29, 0.717) is 12.2 Å². The van der Waals surface area contributed by atoms with E-state index in [-0.39, 0.29) is 22.4 Å². The first kappa shape index (κ1) is 12.9. The van der Waals surface area contributed by atoms with Crippen molar-refractivity contribution < 1.29 is 14.7 Å². The topological polar surface area (TPSA) is 78.4 Å². The molecule has 18 heavy (non-hydrogen) atoms. The molecule has 1 heterocycles. The summed E-state index contributed by atoms with van der Waals surface area (Å²) in [6.07, 6.45) is 0.790. The van der Waals surface area contributed by atoms with Crippen LogP contribution in [0.4, 0.5) is 5.69 Å². The maximum Gasteiger partial charge on any atom is 0.335 e. The van der Waals surface area contributed by atoms with Crippen LogP contribution in [-0.2, 0) is 4.79 Å². The van der Waals surface area contributed by atoms with Crippen LogP contribution in [0.25, 0.3) is 0 Å². The van der Waals surface area contributed by atoms with Gasteiger partial charge in [0.1, 0.15) is 0 Å². The maximum absolute atomic E-state index is 11.9. The third kappa shape index (κ3) is 3.00. The van der Waals surface area contributed by atoms with Gasteiger partial charge in [-0.15, -0.1) is 0 Å². The van der Waals surface area contributed by atoms with Crippen LogP contribution in [-0.4, -0.2) is 30.1 Å². The smallest absolute Gasteiger partial charge is 0.335 e. The molecule has 1 amide bonds. The van der Waals surface area contributed by atoms with Crippen molar-refractivity contribution in [3.63, 3.8) is 0 Å². The van der Waals surface area contributed by atoms with Gasteiger partial charge < -0.3 is 15.7 Å². The molecule has 3 N–H and O–H groups in total. The molecule has 5 nitrogen and oxygen atoms in total. The molecule has 0 radical (unpaired) electrons. The van der Waals surface area contributed by atoms with E-state index in [1.165, 1.54) is 18.2 Å². The third-order valence-corrected chi connectivity index (χ3v) is 3.06. The van der Waals surface area contributed by atoms with Crippen molar-refractivity contribution >= 4 is 29.2 Å². The van der Waals surface area contributed by atoms with E-state index in [1.54, 1.807) is 0 Å². The number of hydrogen-bond acceptors (Lipinski definition) is 3. The molecular formula is C12H13ClN2O3. The number of nitrogens with one attached hydrogen (secondary N) is 2. The van der Waals surface area contributed by atoms with Crippen LogP contribution < -0.4 is 10.6 Å². The summed E-state index contributed by atoms with van der Waals surface area (Å²) in [5.41, 5.74) is 0.471. The second-order valence-corrected chi connectivity index (χ2v) is 4.65. The van der Waals surface area contributed by atoms with E-state index in [0.717, 1.165) is 13.0 Å². The molecule has 1 unspecified atom stereocenters. The van der Waals surface area contributed by atoms with Gasteiger partial charge in [-0.1, -0.05) is 11.6 Å². The van der Waals surface area contributed by atoms with E-state index in [9.17, 15) is 9.59 Å². The van der Waals surface area contributed by atoms with Crippen molar-refractivity contribution in [2.24, 2.45) is 5.92 Å². The van der Waals surface area contributed by atoms with Gasteiger partial charge in [0.05, 0.1) is 11.5 Å². The molecule has 1 aromatic carbocycles. The zero-order chi connectivity index (χ0) is 13.1. The van der Waals surface area contributed by atoms with Gasteiger partial charge in [0, 0.05) is 17.3 Å². The number of aromatic carboxylic acids is 1. The van der Waals surface area contributed by atoms with E-state index in [4.69, 9.17) is 16.7 Å². The minimum absolute atomic E-state index is 0.0577. The largest absolute Gasteiger partial charge is 0.478 e. The highest BCUT2D eigenvalue weighted by Gasteiger charge is 2.22. The Balaban J connectivity index is 2.13. The minimum Gasteiger partial charge on any atom is -0.478 e. The van der Waals surface area contributed by atoms with Crippen molar-refractivity contribution in [1.29, 1.82) is 0 Å². The van der Waals surface area contributed by atoms with Crippen molar-refractivity contribution in [2.75, 3.05) is 18.4 Å². The number of benzene rings is 1. The second-order valence-electron chi connectivity index (χ2n) is 4.21. The molecule has 1 aliphatic heterocycles. The lowest BCUT2D eigenvalue weighted by molar-refractivity contribution is -0.119. The highest BCUT2D eigenvalue weighted by molar-refractivity contribution is 6.31. The Labute approximate surface area is 109 Å². The average molecular weight is 269 g/mol. The number of carbonyl (C=O) groups excluding carboxylic acids is 1. The molecule has 0 bridgehead atoms. The molecule has 0 aromatic heterocycles. The summed E-state index contributed by atoms with van der Waals surface area (Å²) in [6, 6.07) is 4.28. The molecule has 0 spiro atoms. The molecule has 1 saturated heterocycles. The van der Waals surface area contributed by atoms with Gasteiger partial charge in [-0.25, -0.2) is 4.79 Å². The van der Waals surface area contributed by atoms with E-state index in [2.05, 4.69) is 10.6 Å². The number of carboxylic acid groups (broad SMARTS) is 1. The summed E-state index contributed by atoms with van der Waals surface area (Å²) in [7, 11) is 0. The first-order chi connectivity index (χ1) is 8.56. The fourth-order valence-electron chi connectivity index (χ4n) is 1.91. The van der Waals surface area contributed by atoms with Gasteiger partial charge in [-0.3, -0.25) is 4.79 Å². The Morgan fingerprint density at radius 1 is 1.39 bits per heavy atom. The lowest BCUT2D eigenvalue weighted by Crippen LogP contribution is -2.24.